The Balaban J connectivity index is 2.10. The van der Waals surface area contributed by atoms with Crippen molar-refractivity contribution in [3.05, 3.63) is 65.7 Å². The maximum Gasteiger partial charge on any atom is 0.322 e. The third-order valence-corrected chi connectivity index (χ3v) is 4.76. The first kappa shape index (κ1) is 17.2. The minimum atomic E-state index is -1.21. The van der Waals surface area contributed by atoms with Crippen LogP contribution in [0.2, 0.25) is 0 Å². The Morgan fingerprint density at radius 2 is 1.76 bits per heavy atom. The van der Waals surface area contributed by atoms with E-state index in [0.29, 0.717) is 19.4 Å². The van der Waals surface area contributed by atoms with E-state index in [0.717, 1.165) is 16.8 Å². The molecule has 1 amide bonds. The quantitative estimate of drug-likeness (QED) is 0.621. The van der Waals surface area contributed by atoms with Crippen LogP contribution in [0.5, 0.6) is 0 Å². The van der Waals surface area contributed by atoms with Crippen LogP contribution >= 0.6 is 0 Å². The first-order chi connectivity index (χ1) is 12.1. The largest absolute Gasteiger partial charge is 0.465 e. The van der Waals surface area contributed by atoms with Gasteiger partial charge in [-0.15, -0.1) is 0 Å². The summed E-state index contributed by atoms with van der Waals surface area (Å²) in [6.07, 6.45) is 0.711. The molecule has 1 atom stereocenters. The van der Waals surface area contributed by atoms with E-state index >= 15 is 0 Å². The van der Waals surface area contributed by atoms with E-state index in [4.69, 9.17) is 4.74 Å². The average Bonchev–Trinajstić information content (AvgIpc) is 2.63. The van der Waals surface area contributed by atoms with E-state index in [1.54, 1.807) is 11.8 Å². The average molecular weight is 337 g/mol. The molecule has 4 heteroatoms. The summed E-state index contributed by atoms with van der Waals surface area (Å²) in [5.41, 5.74) is 1.65. The third kappa shape index (κ3) is 3.04. The Morgan fingerprint density at radius 3 is 2.44 bits per heavy atom. The molecule has 0 saturated carbocycles. The molecule has 2 aromatic rings. The predicted molar refractivity (Wildman–Crippen MR) is 97.4 cm³/mol. The van der Waals surface area contributed by atoms with Crippen LogP contribution in [0, 0.1) is 5.41 Å². The zero-order chi connectivity index (χ0) is 17.9. The molecule has 130 valence electrons. The summed E-state index contributed by atoms with van der Waals surface area (Å²) >= 11 is 0. The van der Waals surface area contributed by atoms with Gasteiger partial charge < -0.3 is 9.64 Å². The van der Waals surface area contributed by atoms with E-state index in [-0.39, 0.29) is 12.5 Å². The molecule has 0 fully saturated rings. The van der Waals surface area contributed by atoms with E-state index in [1.165, 1.54) is 0 Å². The number of anilines is 1. The molecular formula is C21H23NO3. The monoisotopic (exact) mass is 337 g/mol. The number of para-hydroxylation sites is 1. The molecule has 3 rings (SSSR count). The summed E-state index contributed by atoms with van der Waals surface area (Å²) in [6.45, 7) is 4.48. The van der Waals surface area contributed by atoms with E-state index < -0.39 is 11.4 Å². The summed E-state index contributed by atoms with van der Waals surface area (Å²) in [5.74, 6) is -0.604. The van der Waals surface area contributed by atoms with E-state index in [2.05, 4.69) is 0 Å². The fraction of sp³-hybridized carbons (Fsp3) is 0.333. The maximum atomic E-state index is 13.4. The van der Waals surface area contributed by atoms with Crippen molar-refractivity contribution in [1.29, 1.82) is 0 Å². The van der Waals surface area contributed by atoms with Crippen molar-refractivity contribution in [2.24, 2.45) is 5.41 Å². The van der Waals surface area contributed by atoms with Crippen LogP contribution < -0.4 is 4.90 Å². The number of hydrogen-bond donors (Lipinski definition) is 0. The lowest BCUT2D eigenvalue weighted by Crippen LogP contribution is -2.55. The zero-order valence-electron chi connectivity index (χ0n) is 14.7. The normalized spacial score (nSPS) is 19.4. The summed E-state index contributed by atoms with van der Waals surface area (Å²) in [5, 5.41) is 0. The Morgan fingerprint density at radius 1 is 1.08 bits per heavy atom. The number of carbonyl (C=O) groups is 2. The van der Waals surface area contributed by atoms with Gasteiger partial charge in [-0.1, -0.05) is 48.5 Å². The van der Waals surface area contributed by atoms with Crippen molar-refractivity contribution in [3.63, 3.8) is 0 Å². The second-order valence-corrected chi connectivity index (χ2v) is 6.32. The molecular weight excluding hydrogens is 314 g/mol. The number of hydrogen-bond acceptors (Lipinski definition) is 3. The number of carbonyl (C=O) groups excluding carboxylic acids is 2. The van der Waals surface area contributed by atoms with Gasteiger partial charge in [0.2, 0.25) is 5.91 Å². The smallest absolute Gasteiger partial charge is 0.322 e. The maximum absolute atomic E-state index is 13.4. The van der Waals surface area contributed by atoms with Crippen molar-refractivity contribution < 1.29 is 14.3 Å². The SMILES string of the molecule is CCOC(=O)[C@]1(Cc2ccccc2)Cc2ccccc2N(CC)C1=O. The number of fused-ring (bicyclic) bond motifs is 1. The minimum absolute atomic E-state index is 0.170. The van der Waals surface area contributed by atoms with Gasteiger partial charge in [-0.25, -0.2) is 0 Å². The van der Waals surface area contributed by atoms with Gasteiger partial charge in [0.15, 0.2) is 5.41 Å². The predicted octanol–water partition coefficient (Wildman–Crippen LogP) is 3.39. The summed E-state index contributed by atoms with van der Waals surface area (Å²) in [6, 6.07) is 17.5. The van der Waals surface area contributed by atoms with Crippen molar-refractivity contribution in [1.82, 2.24) is 0 Å². The molecule has 2 aromatic carbocycles. The van der Waals surface area contributed by atoms with E-state index in [1.807, 2.05) is 61.5 Å². The Hall–Kier alpha value is -2.62. The number of ether oxygens (including phenoxy) is 1. The highest BCUT2D eigenvalue weighted by atomic mass is 16.5. The fourth-order valence-electron chi connectivity index (χ4n) is 3.59. The van der Waals surface area contributed by atoms with Crippen LogP contribution in [-0.4, -0.2) is 25.0 Å². The van der Waals surface area contributed by atoms with Crippen molar-refractivity contribution in [3.8, 4) is 0 Å². The summed E-state index contributed by atoms with van der Waals surface area (Å²) in [7, 11) is 0. The van der Waals surface area contributed by atoms with Gasteiger partial charge in [0, 0.05) is 12.2 Å². The van der Waals surface area contributed by atoms with Gasteiger partial charge in [0.25, 0.3) is 0 Å². The molecule has 1 heterocycles. The van der Waals surface area contributed by atoms with Crippen LogP contribution in [0.1, 0.15) is 25.0 Å². The fourth-order valence-corrected chi connectivity index (χ4v) is 3.59. The van der Waals surface area contributed by atoms with Gasteiger partial charge in [-0.05, 0) is 43.9 Å². The molecule has 4 nitrogen and oxygen atoms in total. The molecule has 1 aliphatic heterocycles. The number of nitrogens with zero attached hydrogens (tertiary/aromatic N) is 1. The Bertz CT molecular complexity index is 772. The highest BCUT2D eigenvalue weighted by Gasteiger charge is 2.52. The first-order valence-corrected chi connectivity index (χ1v) is 8.73. The van der Waals surface area contributed by atoms with Gasteiger partial charge in [-0.2, -0.15) is 0 Å². The molecule has 0 N–H and O–H groups in total. The standard InChI is InChI=1S/C21H23NO3/c1-3-22-18-13-9-8-12-17(18)15-21(19(22)23,20(24)25-4-2)14-16-10-6-5-7-11-16/h5-13H,3-4,14-15H2,1-2H3/t21-/m1/s1. The highest BCUT2D eigenvalue weighted by molar-refractivity contribution is 6.12. The number of rotatable bonds is 5. The lowest BCUT2D eigenvalue weighted by atomic mass is 9.72. The van der Waals surface area contributed by atoms with Gasteiger partial charge >= 0.3 is 5.97 Å². The molecule has 0 saturated heterocycles. The van der Waals surface area contributed by atoms with Gasteiger partial charge in [0.05, 0.1) is 6.61 Å². The van der Waals surface area contributed by atoms with Crippen molar-refractivity contribution in [2.75, 3.05) is 18.1 Å². The number of esters is 1. The van der Waals surface area contributed by atoms with Crippen LogP contribution in [0.4, 0.5) is 5.69 Å². The van der Waals surface area contributed by atoms with Gasteiger partial charge in [-0.3, -0.25) is 9.59 Å². The van der Waals surface area contributed by atoms with E-state index in [9.17, 15) is 9.59 Å². The zero-order valence-corrected chi connectivity index (χ0v) is 14.7. The molecule has 0 unspecified atom stereocenters. The van der Waals surface area contributed by atoms with Crippen LogP contribution in [0.15, 0.2) is 54.6 Å². The van der Waals surface area contributed by atoms with Crippen molar-refractivity contribution in [2.45, 2.75) is 26.7 Å². The van der Waals surface area contributed by atoms with Crippen LogP contribution in [-0.2, 0) is 27.2 Å². The molecule has 0 spiro atoms. The second-order valence-electron chi connectivity index (χ2n) is 6.32. The van der Waals surface area contributed by atoms with Crippen molar-refractivity contribution >= 4 is 17.6 Å². The summed E-state index contributed by atoms with van der Waals surface area (Å²) < 4.78 is 5.35. The minimum Gasteiger partial charge on any atom is -0.465 e. The lowest BCUT2D eigenvalue weighted by Gasteiger charge is -2.40. The molecule has 25 heavy (non-hydrogen) atoms. The first-order valence-electron chi connectivity index (χ1n) is 8.73. The molecule has 0 aromatic heterocycles. The van der Waals surface area contributed by atoms with Crippen LogP contribution in [0.3, 0.4) is 0 Å². The molecule has 0 aliphatic carbocycles. The Labute approximate surface area is 148 Å². The topological polar surface area (TPSA) is 46.6 Å². The molecule has 1 aliphatic rings. The second kappa shape index (κ2) is 7.09. The molecule has 0 bridgehead atoms. The van der Waals surface area contributed by atoms with Crippen LogP contribution in [0.25, 0.3) is 0 Å². The molecule has 0 radical (unpaired) electrons. The van der Waals surface area contributed by atoms with Gasteiger partial charge in [0.1, 0.15) is 0 Å². The summed E-state index contributed by atoms with van der Waals surface area (Å²) in [4.78, 5) is 28.0. The highest BCUT2D eigenvalue weighted by Crippen LogP contribution is 2.41. The third-order valence-electron chi connectivity index (χ3n) is 4.76. The lowest BCUT2D eigenvalue weighted by molar-refractivity contribution is -0.160. The Kier molecular flexibility index (Phi) is 4.88. The number of benzene rings is 2. The number of amides is 1.